The third kappa shape index (κ3) is 2.44. The molecule has 0 unspecified atom stereocenters. The lowest BCUT2D eigenvalue weighted by Crippen LogP contribution is -2.39. The number of fused-ring (bicyclic) bond motifs is 1. The first-order valence-corrected chi connectivity index (χ1v) is 8.10. The number of imidazole rings is 1. The third-order valence-electron chi connectivity index (χ3n) is 4.47. The van der Waals surface area contributed by atoms with E-state index < -0.39 is 0 Å². The zero-order valence-electron chi connectivity index (χ0n) is 13.7. The van der Waals surface area contributed by atoms with Crippen molar-refractivity contribution in [2.45, 2.75) is 32.2 Å². The highest BCUT2D eigenvalue weighted by molar-refractivity contribution is 5.96. The molecule has 3 aromatic heterocycles. The first kappa shape index (κ1) is 14.8. The Hall–Kier alpha value is -2.77. The Bertz CT molecular complexity index is 897. The number of H-pyrrole nitrogens is 1. The molecule has 0 aliphatic carbocycles. The number of nitrogens with one attached hydrogen (secondary N) is 1. The summed E-state index contributed by atoms with van der Waals surface area (Å²) >= 11 is 0. The number of pyridine rings is 1. The van der Waals surface area contributed by atoms with Gasteiger partial charge in [-0.2, -0.15) is 5.10 Å². The molecule has 1 aliphatic rings. The van der Waals surface area contributed by atoms with Gasteiger partial charge in [-0.25, -0.2) is 15.0 Å². The molecule has 1 atom stereocenters. The smallest absolute Gasteiger partial charge is 0.256 e. The first-order chi connectivity index (χ1) is 11.6. The lowest BCUT2D eigenvalue weighted by atomic mass is 10.0. The van der Waals surface area contributed by atoms with Crippen molar-refractivity contribution < 1.29 is 4.79 Å². The summed E-state index contributed by atoms with van der Waals surface area (Å²) in [7, 11) is 1.88. The van der Waals surface area contributed by atoms with Gasteiger partial charge in [0, 0.05) is 19.8 Å². The number of likely N-dealkylation sites (tertiary alicyclic amines) is 1. The Morgan fingerprint density at radius 1 is 1.33 bits per heavy atom. The van der Waals surface area contributed by atoms with E-state index in [4.69, 9.17) is 0 Å². The molecule has 8 nitrogen and oxygen atoms in total. The number of carbonyl (C=O) groups excluding carboxylic acids is 1. The Balaban J connectivity index is 1.67. The fourth-order valence-corrected chi connectivity index (χ4v) is 3.25. The highest BCUT2D eigenvalue weighted by Crippen LogP contribution is 2.30. The maximum atomic E-state index is 13.0. The molecule has 1 saturated heterocycles. The van der Waals surface area contributed by atoms with Crippen molar-refractivity contribution in [2.24, 2.45) is 7.05 Å². The molecule has 0 aromatic carbocycles. The molecule has 24 heavy (non-hydrogen) atoms. The summed E-state index contributed by atoms with van der Waals surface area (Å²) in [4.78, 5) is 28.0. The molecule has 1 fully saturated rings. The van der Waals surface area contributed by atoms with Crippen LogP contribution in [0.4, 0.5) is 0 Å². The largest absolute Gasteiger partial charge is 0.328 e. The monoisotopic (exact) mass is 325 g/mol. The fourth-order valence-electron chi connectivity index (χ4n) is 3.25. The van der Waals surface area contributed by atoms with Gasteiger partial charge in [-0.05, 0) is 32.3 Å². The van der Waals surface area contributed by atoms with Crippen LogP contribution in [0.1, 0.15) is 47.3 Å². The minimum Gasteiger partial charge on any atom is -0.328 e. The molecule has 0 bridgehead atoms. The van der Waals surface area contributed by atoms with Crippen molar-refractivity contribution in [3.63, 3.8) is 0 Å². The molecular formula is C16H19N7O. The summed E-state index contributed by atoms with van der Waals surface area (Å²) in [5.74, 6) is 1.41. The van der Waals surface area contributed by atoms with Gasteiger partial charge < -0.3 is 9.47 Å². The summed E-state index contributed by atoms with van der Waals surface area (Å²) in [6, 6.07) is 1.72. The van der Waals surface area contributed by atoms with Crippen LogP contribution in [0, 0.1) is 6.92 Å². The van der Waals surface area contributed by atoms with E-state index in [9.17, 15) is 4.79 Å². The zero-order valence-corrected chi connectivity index (χ0v) is 13.7. The van der Waals surface area contributed by atoms with Gasteiger partial charge >= 0.3 is 0 Å². The summed E-state index contributed by atoms with van der Waals surface area (Å²) in [6.45, 7) is 2.57. The minimum atomic E-state index is -0.0874. The third-order valence-corrected chi connectivity index (χ3v) is 4.47. The number of piperidine rings is 1. The van der Waals surface area contributed by atoms with Gasteiger partial charge in [0.2, 0.25) is 0 Å². The van der Waals surface area contributed by atoms with Gasteiger partial charge in [0.05, 0.1) is 17.9 Å². The Morgan fingerprint density at radius 2 is 2.21 bits per heavy atom. The van der Waals surface area contributed by atoms with E-state index in [2.05, 4.69) is 25.1 Å². The Kier molecular flexibility index (Phi) is 3.51. The van der Waals surface area contributed by atoms with Crippen molar-refractivity contribution in [3.05, 3.63) is 35.8 Å². The van der Waals surface area contributed by atoms with E-state index in [-0.39, 0.29) is 11.9 Å². The lowest BCUT2D eigenvalue weighted by molar-refractivity contribution is 0.0600. The zero-order chi connectivity index (χ0) is 16.7. The Labute approximate surface area is 138 Å². The van der Waals surface area contributed by atoms with Crippen LogP contribution in [-0.2, 0) is 7.05 Å². The molecule has 1 amide bonds. The van der Waals surface area contributed by atoms with Crippen molar-refractivity contribution in [1.29, 1.82) is 0 Å². The molecule has 4 rings (SSSR count). The average molecular weight is 325 g/mol. The number of aromatic nitrogens is 6. The van der Waals surface area contributed by atoms with E-state index in [1.807, 2.05) is 23.4 Å². The van der Waals surface area contributed by atoms with Gasteiger partial charge in [-0.3, -0.25) is 9.89 Å². The molecule has 124 valence electrons. The number of hydrogen-bond donors (Lipinski definition) is 1. The standard InChI is InChI=1S/C16H19N7O/c1-10-19-14(21-20-10)13-5-3-4-6-23(13)16(24)11-7-12-15(17-8-11)22(2)9-18-12/h7-9,13H,3-6H2,1-2H3,(H,19,20,21)/t13-/m1/s1. The van der Waals surface area contributed by atoms with Crippen LogP contribution in [0.2, 0.25) is 0 Å². The predicted molar refractivity (Wildman–Crippen MR) is 87.3 cm³/mol. The molecule has 4 heterocycles. The van der Waals surface area contributed by atoms with Crippen molar-refractivity contribution in [3.8, 4) is 0 Å². The highest BCUT2D eigenvalue weighted by atomic mass is 16.2. The summed E-state index contributed by atoms with van der Waals surface area (Å²) < 4.78 is 1.84. The first-order valence-electron chi connectivity index (χ1n) is 8.10. The van der Waals surface area contributed by atoms with Crippen LogP contribution in [-0.4, -0.2) is 47.1 Å². The number of amides is 1. The minimum absolute atomic E-state index is 0.0396. The van der Waals surface area contributed by atoms with E-state index in [0.717, 1.165) is 36.3 Å². The summed E-state index contributed by atoms with van der Waals surface area (Å²) in [5, 5.41) is 7.13. The van der Waals surface area contributed by atoms with E-state index >= 15 is 0 Å². The fraction of sp³-hybridized carbons (Fsp3) is 0.438. The quantitative estimate of drug-likeness (QED) is 0.775. The second-order valence-corrected chi connectivity index (χ2v) is 6.21. The normalized spacial score (nSPS) is 18.2. The van der Waals surface area contributed by atoms with Gasteiger partial charge in [0.15, 0.2) is 11.5 Å². The van der Waals surface area contributed by atoms with Crippen molar-refractivity contribution in [1.82, 2.24) is 34.6 Å². The van der Waals surface area contributed by atoms with Gasteiger partial charge in [-0.15, -0.1) is 0 Å². The molecule has 0 saturated carbocycles. The van der Waals surface area contributed by atoms with Crippen molar-refractivity contribution >= 4 is 17.1 Å². The summed E-state index contributed by atoms with van der Waals surface area (Å²) in [6.07, 6.45) is 6.26. The second kappa shape index (κ2) is 5.70. The molecule has 0 radical (unpaired) electrons. The number of nitrogens with zero attached hydrogens (tertiary/aromatic N) is 6. The number of aromatic amines is 1. The molecular weight excluding hydrogens is 306 g/mol. The topological polar surface area (TPSA) is 92.6 Å². The van der Waals surface area contributed by atoms with Crippen LogP contribution in [0.15, 0.2) is 18.6 Å². The number of rotatable bonds is 2. The maximum Gasteiger partial charge on any atom is 0.256 e. The highest BCUT2D eigenvalue weighted by Gasteiger charge is 2.31. The SMILES string of the molecule is Cc1nc([C@H]2CCCCN2C(=O)c2cnc3c(c2)ncn3C)n[nH]1. The van der Waals surface area contributed by atoms with E-state index in [1.165, 1.54) is 0 Å². The van der Waals surface area contributed by atoms with Crippen LogP contribution in [0.25, 0.3) is 11.2 Å². The van der Waals surface area contributed by atoms with E-state index in [1.54, 1.807) is 18.6 Å². The molecule has 3 aromatic rings. The van der Waals surface area contributed by atoms with Gasteiger partial charge in [-0.1, -0.05) is 0 Å². The Morgan fingerprint density at radius 3 is 3.00 bits per heavy atom. The molecule has 8 heteroatoms. The van der Waals surface area contributed by atoms with Crippen LogP contribution in [0.3, 0.4) is 0 Å². The average Bonchev–Trinajstić information content (AvgIpc) is 3.20. The van der Waals surface area contributed by atoms with Gasteiger partial charge in [0.1, 0.15) is 11.3 Å². The lowest BCUT2D eigenvalue weighted by Gasteiger charge is -2.34. The van der Waals surface area contributed by atoms with Gasteiger partial charge in [0.25, 0.3) is 5.91 Å². The molecule has 1 aliphatic heterocycles. The molecule has 1 N–H and O–H groups in total. The molecule has 0 spiro atoms. The van der Waals surface area contributed by atoms with E-state index in [0.29, 0.717) is 17.9 Å². The second-order valence-electron chi connectivity index (χ2n) is 6.21. The predicted octanol–water partition coefficient (Wildman–Crippen LogP) is 1.76. The van der Waals surface area contributed by atoms with Crippen molar-refractivity contribution in [2.75, 3.05) is 6.54 Å². The van der Waals surface area contributed by atoms with Crippen LogP contribution in [0.5, 0.6) is 0 Å². The van der Waals surface area contributed by atoms with Crippen LogP contribution < -0.4 is 0 Å². The number of hydrogen-bond acceptors (Lipinski definition) is 5. The maximum absolute atomic E-state index is 13.0. The number of aryl methyl sites for hydroxylation is 2. The van der Waals surface area contributed by atoms with Crippen LogP contribution >= 0.6 is 0 Å². The number of carbonyl (C=O) groups is 1. The summed E-state index contributed by atoms with van der Waals surface area (Å²) in [5.41, 5.74) is 2.05.